The van der Waals surface area contributed by atoms with Crippen LogP contribution in [0.25, 0.3) is 5.78 Å². The highest BCUT2D eigenvalue weighted by Crippen LogP contribution is 2.29. The molecule has 1 aromatic carbocycles. The van der Waals surface area contributed by atoms with Crippen LogP contribution in [0.5, 0.6) is 5.88 Å². The largest absolute Gasteiger partial charge is 0.475 e. The third kappa shape index (κ3) is 5.96. The van der Waals surface area contributed by atoms with Crippen LogP contribution in [0.3, 0.4) is 0 Å². The summed E-state index contributed by atoms with van der Waals surface area (Å²) in [6.45, 7) is 5.70. The van der Waals surface area contributed by atoms with Gasteiger partial charge in [-0.2, -0.15) is 10.2 Å². The normalized spacial score (nSPS) is 14.3. The summed E-state index contributed by atoms with van der Waals surface area (Å²) in [5.41, 5.74) is 3.56. The fraction of sp³-hybridized carbons (Fsp3) is 0.333. The number of carbonyl (C=O) groups is 1. The fourth-order valence-corrected chi connectivity index (χ4v) is 5.48. The molecule has 43 heavy (non-hydrogen) atoms. The van der Waals surface area contributed by atoms with Crippen LogP contribution in [0.15, 0.2) is 55.1 Å². The van der Waals surface area contributed by atoms with E-state index in [0.717, 1.165) is 49.6 Å². The molecule has 1 N–H and O–H groups in total. The monoisotopic (exact) mass is 583 g/mol. The summed E-state index contributed by atoms with van der Waals surface area (Å²) >= 11 is 0. The molecule has 0 atom stereocenters. The van der Waals surface area contributed by atoms with Gasteiger partial charge in [0, 0.05) is 42.5 Å². The van der Waals surface area contributed by atoms with Gasteiger partial charge < -0.3 is 19.0 Å². The zero-order chi connectivity index (χ0) is 29.9. The maximum atomic E-state index is 14.3. The van der Waals surface area contributed by atoms with Crippen molar-refractivity contribution in [1.29, 1.82) is 5.26 Å². The minimum absolute atomic E-state index is 0.0252. The number of carboxylic acid groups (broad SMARTS) is 1. The molecule has 5 aromatic rings. The summed E-state index contributed by atoms with van der Waals surface area (Å²) in [5.74, 6) is -0.703. The van der Waals surface area contributed by atoms with Crippen LogP contribution < -0.4 is 4.74 Å². The first kappa shape index (κ1) is 28.0. The average Bonchev–Trinajstić information content (AvgIpc) is 3.73. The predicted molar refractivity (Wildman–Crippen MR) is 152 cm³/mol. The Morgan fingerprint density at radius 1 is 1.16 bits per heavy atom. The van der Waals surface area contributed by atoms with Crippen molar-refractivity contribution in [2.75, 3.05) is 13.1 Å². The lowest BCUT2D eigenvalue weighted by Crippen LogP contribution is -2.33. The van der Waals surface area contributed by atoms with Gasteiger partial charge in [0.1, 0.15) is 12.4 Å². The molecule has 4 aromatic heterocycles. The molecule has 0 aliphatic carbocycles. The van der Waals surface area contributed by atoms with Gasteiger partial charge in [0.05, 0.1) is 42.1 Å². The van der Waals surface area contributed by atoms with E-state index in [2.05, 4.69) is 20.0 Å². The number of ether oxygens (including phenoxy) is 1. The van der Waals surface area contributed by atoms with Crippen molar-refractivity contribution in [3.05, 3.63) is 95.0 Å². The van der Waals surface area contributed by atoms with E-state index in [1.165, 1.54) is 10.6 Å². The van der Waals surface area contributed by atoms with Crippen molar-refractivity contribution in [2.24, 2.45) is 0 Å². The van der Waals surface area contributed by atoms with E-state index in [0.29, 0.717) is 30.3 Å². The van der Waals surface area contributed by atoms with Gasteiger partial charge in [0.25, 0.3) is 5.82 Å². The van der Waals surface area contributed by atoms with Gasteiger partial charge in [0.2, 0.25) is 11.7 Å². The van der Waals surface area contributed by atoms with Gasteiger partial charge in [0.15, 0.2) is 0 Å². The SMILES string of the molecule is CCn1cncc1Cn1c(CN2CCC(c3cccc(OCc4ccc(C#N)cc4F)n3)CC2)cn2nc(C(=O)O)nc12. The maximum absolute atomic E-state index is 14.3. The Morgan fingerprint density at radius 3 is 2.74 bits per heavy atom. The van der Waals surface area contributed by atoms with Gasteiger partial charge in [-0.1, -0.05) is 12.1 Å². The Bertz CT molecular complexity index is 1810. The number of rotatable bonds is 10. The zero-order valence-corrected chi connectivity index (χ0v) is 23.6. The first-order valence-corrected chi connectivity index (χ1v) is 14.1. The lowest BCUT2D eigenvalue weighted by atomic mass is 9.93. The third-order valence-electron chi connectivity index (χ3n) is 7.82. The van der Waals surface area contributed by atoms with Crippen LogP contribution in [-0.2, 0) is 26.2 Å². The van der Waals surface area contributed by atoms with Crippen LogP contribution in [0.4, 0.5) is 4.39 Å². The molecule has 5 heterocycles. The maximum Gasteiger partial charge on any atom is 0.375 e. The first-order chi connectivity index (χ1) is 20.9. The van der Waals surface area contributed by atoms with Crippen molar-refractivity contribution in [3.63, 3.8) is 0 Å². The number of piperidine rings is 1. The topological polar surface area (TPSA) is 139 Å². The molecule has 0 spiro atoms. The van der Waals surface area contributed by atoms with Crippen molar-refractivity contribution < 1.29 is 19.0 Å². The predicted octanol–water partition coefficient (Wildman–Crippen LogP) is 3.86. The number of nitrogens with zero attached hydrogens (tertiary/aromatic N) is 9. The second-order valence-corrected chi connectivity index (χ2v) is 10.5. The van der Waals surface area contributed by atoms with E-state index in [4.69, 9.17) is 15.0 Å². The van der Waals surface area contributed by atoms with Crippen LogP contribution in [0.1, 0.15) is 64.5 Å². The quantitative estimate of drug-likeness (QED) is 0.260. The molecule has 1 fully saturated rings. The number of imidazole rings is 2. The summed E-state index contributed by atoms with van der Waals surface area (Å²) in [7, 11) is 0. The van der Waals surface area contributed by atoms with Crippen molar-refractivity contribution in [1.82, 2.24) is 38.6 Å². The number of aromatic nitrogens is 7. The standard InChI is InChI=1S/C30H30FN9O3/c1-2-38-19-33-14-23(38)16-39-24(17-40-30(39)35-28(36-40)29(41)42)15-37-10-8-21(9-11-37)26-4-3-5-27(34-26)43-18-22-7-6-20(13-32)12-25(22)31/h3-7,12,14,17,19,21H,2,8-11,15-16,18H2,1H3,(H,41,42). The smallest absolute Gasteiger partial charge is 0.375 e. The summed E-state index contributed by atoms with van der Waals surface area (Å²) in [6.07, 6.45) is 7.26. The number of likely N-dealkylation sites (tertiary alicyclic amines) is 1. The number of hydrogen-bond acceptors (Lipinski definition) is 8. The number of nitriles is 1. The molecular formula is C30H30FN9O3. The Hall–Kier alpha value is -5.09. The lowest BCUT2D eigenvalue weighted by Gasteiger charge is -2.31. The van der Waals surface area contributed by atoms with Crippen molar-refractivity contribution in [3.8, 4) is 11.9 Å². The van der Waals surface area contributed by atoms with Crippen molar-refractivity contribution >= 4 is 11.7 Å². The number of aryl methyl sites for hydroxylation is 1. The Kier molecular flexibility index (Phi) is 7.84. The van der Waals surface area contributed by atoms with E-state index in [9.17, 15) is 14.3 Å². The molecule has 6 rings (SSSR count). The molecule has 1 aliphatic heterocycles. The number of benzene rings is 1. The summed E-state index contributed by atoms with van der Waals surface area (Å²) in [4.78, 5) is 27.1. The summed E-state index contributed by atoms with van der Waals surface area (Å²) in [6, 6.07) is 11.9. The average molecular weight is 584 g/mol. The van der Waals surface area contributed by atoms with Gasteiger partial charge in [-0.05, 0) is 51.1 Å². The molecule has 1 aliphatic rings. The number of fused-ring (bicyclic) bond motifs is 1. The van der Waals surface area contributed by atoms with E-state index in [1.54, 1.807) is 24.5 Å². The zero-order valence-electron chi connectivity index (χ0n) is 23.6. The first-order valence-electron chi connectivity index (χ1n) is 14.1. The molecule has 0 amide bonds. The number of aromatic carboxylic acids is 1. The Morgan fingerprint density at radius 2 is 2.00 bits per heavy atom. The van der Waals surface area contributed by atoms with Gasteiger partial charge >= 0.3 is 5.97 Å². The minimum atomic E-state index is -1.16. The Balaban J connectivity index is 1.12. The Labute approximate surface area is 246 Å². The molecule has 220 valence electrons. The highest BCUT2D eigenvalue weighted by Gasteiger charge is 2.25. The van der Waals surface area contributed by atoms with Crippen LogP contribution in [0.2, 0.25) is 0 Å². The van der Waals surface area contributed by atoms with Gasteiger partial charge in [-0.25, -0.2) is 23.7 Å². The number of pyridine rings is 1. The molecule has 13 heteroatoms. The number of halogens is 1. The van der Waals surface area contributed by atoms with E-state index in [1.807, 2.05) is 46.7 Å². The molecule has 1 saturated heterocycles. The minimum Gasteiger partial charge on any atom is -0.475 e. The second-order valence-electron chi connectivity index (χ2n) is 10.5. The number of carboxylic acids is 1. The van der Waals surface area contributed by atoms with Crippen LogP contribution >= 0.6 is 0 Å². The van der Waals surface area contributed by atoms with E-state index < -0.39 is 11.8 Å². The molecule has 0 unspecified atom stereocenters. The fourth-order valence-electron chi connectivity index (χ4n) is 5.48. The van der Waals surface area contributed by atoms with Crippen molar-refractivity contribution in [2.45, 2.75) is 51.9 Å². The molecule has 0 radical (unpaired) electrons. The van der Waals surface area contributed by atoms with Gasteiger partial charge in [-0.15, -0.1) is 5.10 Å². The second kappa shape index (κ2) is 12.0. The van der Waals surface area contributed by atoms with Gasteiger partial charge in [-0.3, -0.25) is 4.90 Å². The molecular weight excluding hydrogens is 553 g/mol. The molecule has 0 bridgehead atoms. The summed E-state index contributed by atoms with van der Waals surface area (Å²) < 4.78 is 25.6. The highest BCUT2D eigenvalue weighted by atomic mass is 19.1. The van der Waals surface area contributed by atoms with E-state index in [-0.39, 0.29) is 23.9 Å². The third-order valence-corrected chi connectivity index (χ3v) is 7.82. The summed E-state index contributed by atoms with van der Waals surface area (Å²) in [5, 5.41) is 22.5. The molecule has 12 nitrogen and oxygen atoms in total. The number of hydrogen-bond donors (Lipinski definition) is 1. The van der Waals surface area contributed by atoms with Crippen LogP contribution in [-0.4, -0.2) is 62.8 Å². The van der Waals surface area contributed by atoms with E-state index >= 15 is 0 Å². The highest BCUT2D eigenvalue weighted by molar-refractivity contribution is 5.83. The molecule has 0 saturated carbocycles. The lowest BCUT2D eigenvalue weighted by molar-refractivity contribution is 0.0683. The van der Waals surface area contributed by atoms with Crippen LogP contribution in [0, 0.1) is 17.1 Å².